The Morgan fingerprint density at radius 3 is 2.08 bits per heavy atom. The predicted molar refractivity (Wildman–Crippen MR) is 221 cm³/mol. The number of amides is 3. The number of hydrogen-bond donors (Lipinski definition) is 8. The molecule has 1 heterocycles. The van der Waals surface area contributed by atoms with Gasteiger partial charge in [0, 0.05) is 48.1 Å². The maximum Gasteiger partial charge on any atom is 0.371 e. The van der Waals surface area contributed by atoms with Crippen LogP contribution in [-0.4, -0.2) is 126 Å². The molecule has 1 aliphatic heterocycles. The Kier molecular flexibility index (Phi) is 19.7. The third-order valence-electron chi connectivity index (χ3n) is 8.61. The van der Waals surface area contributed by atoms with Gasteiger partial charge in [-0.05, 0) is 34.9 Å². The lowest BCUT2D eigenvalue weighted by Crippen LogP contribution is -2.62. The highest BCUT2D eigenvalue weighted by atomic mass is 33.1. The fourth-order valence-corrected chi connectivity index (χ4v) is 7.31. The molecule has 1 saturated heterocycles. The van der Waals surface area contributed by atoms with Gasteiger partial charge < -0.3 is 55.9 Å². The van der Waals surface area contributed by atoms with E-state index in [9.17, 15) is 44.4 Å². The van der Waals surface area contributed by atoms with E-state index in [0.717, 1.165) is 21.6 Å². The zero-order valence-corrected chi connectivity index (χ0v) is 33.7. The van der Waals surface area contributed by atoms with E-state index >= 15 is 0 Å². The third-order valence-corrected chi connectivity index (χ3v) is 10.7. The van der Waals surface area contributed by atoms with Gasteiger partial charge in [0.25, 0.3) is 0 Å². The first-order chi connectivity index (χ1) is 28.9. The van der Waals surface area contributed by atoms with E-state index in [-0.39, 0.29) is 74.9 Å². The fourth-order valence-electron chi connectivity index (χ4n) is 5.59. The molecule has 3 amide bonds. The monoisotopic (exact) mass is 867 g/mol. The lowest BCUT2D eigenvalue weighted by molar-refractivity contribution is -0.298. The van der Waals surface area contributed by atoms with E-state index in [1.807, 2.05) is 6.07 Å². The molecule has 0 bridgehead atoms. The maximum absolute atomic E-state index is 12.9. The molecule has 320 valence electrons. The average Bonchev–Trinajstić information content (AvgIpc) is 3.25. The smallest absolute Gasteiger partial charge is 0.371 e. The maximum atomic E-state index is 12.9. The quantitative estimate of drug-likeness (QED) is 0.00933. The SMILES string of the molecule is [N-]=[N+]=NCC(=O)NCCOCCNC(=O)CSSCC(=O)NC[C@H]1[C@@H](O)[C@@H](O)O[C@@H](O/C(=C\c2ccc(O)cc2)C(=O)O)[C@H]1NCc1ccc(C(=O)c2ccccc2)cc1. The third kappa shape index (κ3) is 15.8. The Balaban J connectivity index is 1.33. The van der Waals surface area contributed by atoms with Gasteiger partial charge in [-0.25, -0.2) is 4.79 Å². The molecule has 21 heteroatoms. The summed E-state index contributed by atoms with van der Waals surface area (Å²) in [5, 5.41) is 55.7. The van der Waals surface area contributed by atoms with Gasteiger partial charge in [-0.3, -0.25) is 19.2 Å². The molecule has 1 fully saturated rings. The normalized spacial score (nSPS) is 18.7. The standard InChI is InChI=1S/C39H45N7O12S2/c40-46-45-21-31(48)41-14-16-56-17-15-42-32(49)22-59-60-23-33(50)43-20-29-34(44-19-25-6-10-27(11-7-25)35(51)26-4-2-1-3-5-26)39(58-38(55)36(29)52)57-30(37(53)54)18-24-8-12-28(47)13-9-24/h1-13,18,29,34,36,38-39,44,47,52,55H,14-17,19-23H2,(H,41,48)(H,42,49)(H,43,50)(H,53,54)/b30-18-/t29-,34+,36-,38+,39-/m1/s1. The Hall–Kier alpha value is -5.64. The molecule has 4 rings (SSSR count). The van der Waals surface area contributed by atoms with Gasteiger partial charge in [-0.2, -0.15) is 0 Å². The molecule has 0 radical (unpaired) electrons. The van der Waals surface area contributed by atoms with Crippen LogP contribution < -0.4 is 21.3 Å². The number of carboxylic acids is 1. The zero-order chi connectivity index (χ0) is 43.3. The Bertz CT molecular complexity index is 1970. The first-order valence-electron chi connectivity index (χ1n) is 18.4. The second-order valence-corrected chi connectivity index (χ2v) is 15.4. The Labute approximate surface area is 352 Å². The van der Waals surface area contributed by atoms with Crippen LogP contribution in [-0.2, 0) is 39.9 Å². The number of nitrogens with one attached hydrogen (secondary N) is 4. The summed E-state index contributed by atoms with van der Waals surface area (Å²) in [6.07, 6.45) is -3.68. The number of aliphatic carboxylic acids is 1. The van der Waals surface area contributed by atoms with E-state index < -0.39 is 54.2 Å². The molecule has 3 aromatic rings. The molecule has 0 unspecified atom stereocenters. The summed E-state index contributed by atoms with van der Waals surface area (Å²) in [6, 6.07) is 20.2. The van der Waals surface area contributed by atoms with Crippen molar-refractivity contribution in [3.63, 3.8) is 0 Å². The Morgan fingerprint density at radius 2 is 1.45 bits per heavy atom. The van der Waals surface area contributed by atoms with Crippen molar-refractivity contribution in [2.75, 3.05) is 50.9 Å². The first kappa shape index (κ1) is 47.0. The number of ether oxygens (including phenoxy) is 3. The fraction of sp³-hybridized carbons (Fsp3) is 0.359. The highest BCUT2D eigenvalue weighted by molar-refractivity contribution is 8.77. The van der Waals surface area contributed by atoms with Gasteiger partial charge >= 0.3 is 5.97 Å². The van der Waals surface area contributed by atoms with E-state index in [1.165, 1.54) is 30.3 Å². The van der Waals surface area contributed by atoms with Crippen LogP contribution in [0.4, 0.5) is 0 Å². The molecule has 0 aromatic heterocycles. The molecule has 0 spiro atoms. The number of rotatable bonds is 24. The number of aliphatic hydroxyl groups excluding tert-OH is 2. The summed E-state index contributed by atoms with van der Waals surface area (Å²) in [6.45, 7) is 0.428. The van der Waals surface area contributed by atoms with Crippen molar-refractivity contribution in [1.29, 1.82) is 0 Å². The molecule has 0 aliphatic carbocycles. The predicted octanol–water partition coefficient (Wildman–Crippen LogP) is 1.93. The van der Waals surface area contributed by atoms with Crippen molar-refractivity contribution in [2.24, 2.45) is 11.0 Å². The van der Waals surface area contributed by atoms with E-state index in [2.05, 4.69) is 31.3 Å². The van der Waals surface area contributed by atoms with Crippen molar-refractivity contribution in [3.8, 4) is 5.75 Å². The van der Waals surface area contributed by atoms with Gasteiger partial charge in [0.2, 0.25) is 29.8 Å². The molecule has 1 aliphatic rings. The van der Waals surface area contributed by atoms with Crippen LogP contribution in [0.1, 0.15) is 27.0 Å². The van der Waals surface area contributed by atoms with Crippen LogP contribution in [0.5, 0.6) is 5.75 Å². The van der Waals surface area contributed by atoms with Crippen LogP contribution in [0.3, 0.4) is 0 Å². The number of carbonyl (C=O) groups is 5. The van der Waals surface area contributed by atoms with Crippen LogP contribution in [0.2, 0.25) is 0 Å². The van der Waals surface area contributed by atoms with E-state index in [1.54, 1.807) is 48.5 Å². The number of carboxylic acid groups (broad SMARTS) is 1. The van der Waals surface area contributed by atoms with Gasteiger partial charge in [-0.15, -0.1) is 0 Å². The number of ketones is 1. The number of azide groups is 1. The molecular formula is C39H45N7O12S2. The van der Waals surface area contributed by atoms with Crippen molar-refractivity contribution < 1.29 is 58.6 Å². The lowest BCUT2D eigenvalue weighted by atomic mass is 9.89. The highest BCUT2D eigenvalue weighted by Crippen LogP contribution is 2.29. The lowest BCUT2D eigenvalue weighted by Gasteiger charge is -2.43. The number of benzene rings is 3. The molecule has 8 N–H and O–H groups in total. The Morgan fingerprint density at radius 1 is 0.833 bits per heavy atom. The van der Waals surface area contributed by atoms with Crippen molar-refractivity contribution in [2.45, 2.75) is 31.3 Å². The molecule has 19 nitrogen and oxygen atoms in total. The summed E-state index contributed by atoms with van der Waals surface area (Å²) in [7, 11) is 2.25. The van der Waals surface area contributed by atoms with Crippen LogP contribution >= 0.6 is 21.6 Å². The van der Waals surface area contributed by atoms with Crippen LogP contribution in [0, 0.1) is 5.92 Å². The molecule has 3 aromatic carbocycles. The minimum atomic E-state index is -1.83. The largest absolute Gasteiger partial charge is 0.508 e. The van der Waals surface area contributed by atoms with Gasteiger partial charge in [0.15, 0.2) is 12.1 Å². The second kappa shape index (κ2) is 25.1. The van der Waals surface area contributed by atoms with Crippen LogP contribution in [0.25, 0.3) is 16.5 Å². The van der Waals surface area contributed by atoms with E-state index in [4.69, 9.17) is 19.7 Å². The number of aliphatic hydroxyl groups is 2. The highest BCUT2D eigenvalue weighted by Gasteiger charge is 2.46. The summed E-state index contributed by atoms with van der Waals surface area (Å²) >= 11 is 0. The van der Waals surface area contributed by atoms with Crippen molar-refractivity contribution in [1.82, 2.24) is 21.3 Å². The second-order valence-electron chi connectivity index (χ2n) is 12.9. The van der Waals surface area contributed by atoms with Crippen molar-refractivity contribution in [3.05, 3.63) is 117 Å². The minimum Gasteiger partial charge on any atom is -0.508 e. The first-order valence-corrected chi connectivity index (χ1v) is 20.9. The average molecular weight is 868 g/mol. The summed E-state index contributed by atoms with van der Waals surface area (Å²) in [5.41, 5.74) is 10.3. The number of nitrogens with zero attached hydrogens (tertiary/aromatic N) is 3. The summed E-state index contributed by atoms with van der Waals surface area (Å²) < 4.78 is 16.7. The molecular weight excluding hydrogens is 823 g/mol. The molecule has 0 saturated carbocycles. The van der Waals surface area contributed by atoms with Gasteiger partial charge in [-0.1, -0.05) is 93.4 Å². The van der Waals surface area contributed by atoms with Gasteiger partial charge in [0.05, 0.1) is 30.8 Å². The summed E-state index contributed by atoms with van der Waals surface area (Å²) in [4.78, 5) is 64.2. The van der Waals surface area contributed by atoms with Gasteiger partial charge in [0.1, 0.15) is 18.4 Å². The molecule has 5 atom stereocenters. The zero-order valence-electron chi connectivity index (χ0n) is 32.0. The number of carbonyl (C=O) groups excluding carboxylic acids is 4. The minimum absolute atomic E-state index is 0.0341. The number of hydrogen-bond acceptors (Lipinski definition) is 15. The number of aromatic hydroxyl groups is 1. The topological polar surface area (TPSA) is 291 Å². The molecule has 60 heavy (non-hydrogen) atoms. The summed E-state index contributed by atoms with van der Waals surface area (Å²) in [5.74, 6) is -4.43. The van der Waals surface area contributed by atoms with Crippen LogP contribution in [0.15, 0.2) is 89.7 Å². The van der Waals surface area contributed by atoms with Crippen molar-refractivity contribution >= 4 is 57.1 Å². The number of phenols is 1. The van der Waals surface area contributed by atoms with E-state index in [0.29, 0.717) is 22.3 Å². The number of phenolic OH excluding ortho intramolecular Hbond substituents is 1.